The lowest BCUT2D eigenvalue weighted by atomic mass is 10.1. The van der Waals surface area contributed by atoms with Crippen molar-refractivity contribution in [3.63, 3.8) is 0 Å². The van der Waals surface area contributed by atoms with E-state index in [-0.39, 0.29) is 22.1 Å². The van der Waals surface area contributed by atoms with E-state index in [2.05, 4.69) is 10.3 Å². The van der Waals surface area contributed by atoms with Crippen LogP contribution < -0.4 is 15.8 Å². The van der Waals surface area contributed by atoms with E-state index in [4.69, 9.17) is 12.2 Å². The quantitative estimate of drug-likeness (QED) is 0.456. The summed E-state index contributed by atoms with van der Waals surface area (Å²) in [6.45, 7) is 0.658. The molecule has 0 fully saturated rings. The molecule has 0 radical (unpaired) electrons. The van der Waals surface area contributed by atoms with Crippen molar-refractivity contribution >= 4 is 46.3 Å². The van der Waals surface area contributed by atoms with E-state index in [1.807, 2.05) is 24.3 Å². The van der Waals surface area contributed by atoms with E-state index < -0.39 is 0 Å². The van der Waals surface area contributed by atoms with Crippen LogP contribution in [0.4, 0.5) is 11.4 Å². The lowest BCUT2D eigenvalue weighted by Crippen LogP contribution is -2.28. The van der Waals surface area contributed by atoms with Crippen molar-refractivity contribution in [3.05, 3.63) is 98.5 Å². The molecule has 33 heavy (non-hydrogen) atoms. The molecule has 2 amide bonds. The molecule has 8 heteroatoms. The van der Waals surface area contributed by atoms with Crippen molar-refractivity contribution in [2.75, 3.05) is 16.8 Å². The molecule has 3 aromatic carbocycles. The van der Waals surface area contributed by atoms with Gasteiger partial charge in [-0.3, -0.25) is 19.0 Å². The fourth-order valence-corrected chi connectivity index (χ4v) is 4.24. The Morgan fingerprint density at radius 1 is 1.00 bits per heavy atom. The fraction of sp³-hybridized carbons (Fsp3) is 0.120. The molecule has 1 aliphatic rings. The number of hydrogen-bond acceptors (Lipinski definition) is 4. The van der Waals surface area contributed by atoms with Crippen LogP contribution in [-0.2, 0) is 13.5 Å². The van der Waals surface area contributed by atoms with Crippen LogP contribution in [0.5, 0.6) is 0 Å². The molecular formula is C25H20N4O3S. The number of hydrogen-bond donors (Lipinski definition) is 2. The Bertz CT molecular complexity index is 1540. The number of anilines is 2. The number of carbonyl (C=O) groups excluding carboxylic acids is 2. The van der Waals surface area contributed by atoms with E-state index in [1.165, 1.54) is 10.1 Å². The first-order valence-corrected chi connectivity index (χ1v) is 10.9. The molecule has 0 atom stereocenters. The Kier molecular flexibility index (Phi) is 5.14. The molecule has 2 heterocycles. The smallest absolute Gasteiger partial charge is 0.261 e. The zero-order valence-electron chi connectivity index (χ0n) is 17.8. The lowest BCUT2D eigenvalue weighted by Gasteiger charge is -2.17. The molecule has 0 spiro atoms. The van der Waals surface area contributed by atoms with E-state index in [0.717, 1.165) is 12.1 Å². The number of aromatic amines is 1. The highest BCUT2D eigenvalue weighted by molar-refractivity contribution is 7.71. The highest BCUT2D eigenvalue weighted by Crippen LogP contribution is 2.29. The van der Waals surface area contributed by atoms with Gasteiger partial charge in [0.15, 0.2) is 4.77 Å². The molecule has 0 saturated carbocycles. The van der Waals surface area contributed by atoms with Crippen LogP contribution in [0.25, 0.3) is 10.9 Å². The van der Waals surface area contributed by atoms with E-state index in [1.54, 1.807) is 54.4 Å². The topological polar surface area (TPSA) is 87.2 Å². The Morgan fingerprint density at radius 3 is 2.52 bits per heavy atom. The molecule has 0 saturated heterocycles. The zero-order valence-corrected chi connectivity index (χ0v) is 18.6. The summed E-state index contributed by atoms with van der Waals surface area (Å²) in [5, 5.41) is 3.28. The van der Waals surface area contributed by atoms with E-state index >= 15 is 0 Å². The summed E-state index contributed by atoms with van der Waals surface area (Å²) < 4.78 is 1.63. The molecular weight excluding hydrogens is 436 g/mol. The third kappa shape index (κ3) is 3.74. The van der Waals surface area contributed by atoms with Crippen LogP contribution in [0.15, 0.2) is 71.5 Å². The Hall–Kier alpha value is -4.04. The SMILES string of the molecule is Cn1c(=S)[nH]c2cc(C(=O)Nc3ccc(C(=O)N4CCc5ccccc54)cc3)ccc2c1=O. The van der Waals surface area contributed by atoms with Crippen molar-refractivity contribution in [2.24, 2.45) is 7.05 Å². The molecule has 2 N–H and O–H groups in total. The third-order valence-electron chi connectivity index (χ3n) is 5.89. The predicted octanol–water partition coefficient (Wildman–Crippen LogP) is 4.05. The number of benzene rings is 3. The molecule has 5 rings (SSSR count). The van der Waals surface area contributed by atoms with Gasteiger partial charge in [-0.25, -0.2) is 0 Å². The van der Waals surface area contributed by atoms with Gasteiger partial charge < -0.3 is 15.2 Å². The second kappa shape index (κ2) is 8.14. The van der Waals surface area contributed by atoms with Crippen molar-refractivity contribution in [2.45, 2.75) is 6.42 Å². The zero-order chi connectivity index (χ0) is 23.1. The largest absolute Gasteiger partial charge is 0.332 e. The van der Waals surface area contributed by atoms with Crippen LogP contribution in [0.3, 0.4) is 0 Å². The number of para-hydroxylation sites is 1. The molecule has 164 valence electrons. The maximum absolute atomic E-state index is 13.0. The molecule has 0 aliphatic carbocycles. The second-order valence-electron chi connectivity index (χ2n) is 7.92. The van der Waals surface area contributed by atoms with Gasteiger partial charge in [0.2, 0.25) is 0 Å². The highest BCUT2D eigenvalue weighted by atomic mass is 32.1. The third-order valence-corrected chi connectivity index (χ3v) is 6.26. The van der Waals surface area contributed by atoms with Gasteiger partial charge in [0, 0.05) is 36.1 Å². The lowest BCUT2D eigenvalue weighted by molar-refractivity contribution is 0.0988. The summed E-state index contributed by atoms with van der Waals surface area (Å²) in [6.07, 6.45) is 0.846. The summed E-state index contributed by atoms with van der Waals surface area (Å²) in [4.78, 5) is 42.8. The average Bonchev–Trinajstić information content (AvgIpc) is 3.26. The van der Waals surface area contributed by atoms with Crippen molar-refractivity contribution < 1.29 is 9.59 Å². The van der Waals surface area contributed by atoms with E-state index in [0.29, 0.717) is 34.3 Å². The molecule has 0 unspecified atom stereocenters. The molecule has 7 nitrogen and oxygen atoms in total. The fourth-order valence-electron chi connectivity index (χ4n) is 4.05. The minimum absolute atomic E-state index is 0.0656. The number of H-pyrrole nitrogens is 1. The van der Waals surface area contributed by atoms with Crippen molar-refractivity contribution in [1.82, 2.24) is 9.55 Å². The molecule has 4 aromatic rings. The van der Waals surface area contributed by atoms with Crippen LogP contribution in [0, 0.1) is 4.77 Å². The maximum Gasteiger partial charge on any atom is 0.261 e. The predicted molar refractivity (Wildman–Crippen MR) is 131 cm³/mol. The van der Waals surface area contributed by atoms with Gasteiger partial charge in [0.05, 0.1) is 10.9 Å². The van der Waals surface area contributed by atoms with Crippen LogP contribution in [-0.4, -0.2) is 27.9 Å². The average molecular weight is 457 g/mol. The van der Waals surface area contributed by atoms with Gasteiger partial charge in [0.1, 0.15) is 0 Å². The molecule has 1 aliphatic heterocycles. The number of nitrogens with one attached hydrogen (secondary N) is 2. The van der Waals surface area contributed by atoms with Gasteiger partial charge >= 0.3 is 0 Å². The van der Waals surface area contributed by atoms with Crippen molar-refractivity contribution in [1.29, 1.82) is 0 Å². The normalized spacial score (nSPS) is 12.6. The van der Waals surface area contributed by atoms with Crippen LogP contribution in [0.2, 0.25) is 0 Å². The number of amides is 2. The molecule has 1 aromatic heterocycles. The number of carbonyl (C=O) groups is 2. The van der Waals surface area contributed by atoms with Crippen LogP contribution >= 0.6 is 12.2 Å². The summed E-state index contributed by atoms with van der Waals surface area (Å²) in [7, 11) is 1.60. The first-order chi connectivity index (χ1) is 15.9. The van der Waals surface area contributed by atoms with Gasteiger partial charge in [-0.1, -0.05) is 18.2 Å². The molecule has 0 bridgehead atoms. The number of nitrogens with zero attached hydrogens (tertiary/aromatic N) is 2. The summed E-state index contributed by atoms with van der Waals surface area (Å²) >= 11 is 5.15. The monoisotopic (exact) mass is 456 g/mol. The Balaban J connectivity index is 1.34. The van der Waals surface area contributed by atoms with Gasteiger partial charge in [-0.2, -0.15) is 0 Å². The first kappa shape index (κ1) is 20.8. The van der Waals surface area contributed by atoms with Crippen molar-refractivity contribution in [3.8, 4) is 0 Å². The first-order valence-electron chi connectivity index (χ1n) is 10.5. The number of aromatic nitrogens is 2. The summed E-state index contributed by atoms with van der Waals surface area (Å²) in [5.41, 5.74) is 3.90. The second-order valence-corrected chi connectivity index (χ2v) is 8.31. The summed E-state index contributed by atoms with van der Waals surface area (Å²) in [6, 6.07) is 19.5. The Labute approximate surface area is 194 Å². The summed E-state index contributed by atoms with van der Waals surface area (Å²) in [5.74, 6) is -0.395. The van der Waals surface area contributed by atoms with Gasteiger partial charge in [-0.05, 0) is 72.7 Å². The number of rotatable bonds is 3. The minimum atomic E-state index is -0.329. The highest BCUT2D eigenvalue weighted by Gasteiger charge is 2.25. The number of fused-ring (bicyclic) bond motifs is 2. The minimum Gasteiger partial charge on any atom is -0.332 e. The van der Waals surface area contributed by atoms with E-state index in [9.17, 15) is 14.4 Å². The van der Waals surface area contributed by atoms with Crippen LogP contribution in [0.1, 0.15) is 26.3 Å². The Morgan fingerprint density at radius 2 is 1.73 bits per heavy atom. The van der Waals surface area contributed by atoms with Gasteiger partial charge in [0.25, 0.3) is 17.4 Å². The standard InChI is InChI=1S/C25H20N4O3S/c1-28-24(32)19-11-8-17(14-20(19)27-25(28)33)22(30)26-18-9-6-16(7-10-18)23(31)29-13-12-15-4-2-3-5-21(15)29/h2-11,14H,12-13H2,1H3,(H,26,30)(H,27,33). The van der Waals surface area contributed by atoms with Gasteiger partial charge in [-0.15, -0.1) is 0 Å². The maximum atomic E-state index is 13.0.